The van der Waals surface area contributed by atoms with E-state index in [0.717, 1.165) is 0 Å². The standard InChI is InChI=1S/C21H28N8O9P2S/c1-10-14-7-34-39(31,32)37-13-5-12(26-15-2-3-23-8-24-15)4-11(13)6-35-40(33,41)38-17(10)20(36-14)29-9-25-16-18(29)27-21(22)28-19(16)30/h2-3,8-14,17,20H,4-7H2,1H3,(H,31,32)(H,33,41)(H,23,24,26)(H3,22,27,28,30)/t10-,11-,12-,13+,14-,17-,20-,40?/m1/s1. The molecule has 2 bridgehead atoms. The molecule has 6 N–H and O–H groups in total. The number of hydrogen-bond acceptors (Lipinski definition) is 14. The molecule has 9 atom stereocenters. The molecule has 17 nitrogen and oxygen atoms in total. The van der Waals surface area contributed by atoms with E-state index in [-0.39, 0.29) is 36.4 Å². The van der Waals surface area contributed by atoms with Gasteiger partial charge >= 0.3 is 14.5 Å². The van der Waals surface area contributed by atoms with E-state index in [1.807, 2.05) is 0 Å². The van der Waals surface area contributed by atoms with Gasteiger partial charge in [0.2, 0.25) is 5.95 Å². The molecule has 3 aromatic rings. The van der Waals surface area contributed by atoms with Crippen LogP contribution in [0, 0.1) is 11.8 Å². The molecule has 41 heavy (non-hydrogen) atoms. The summed E-state index contributed by atoms with van der Waals surface area (Å²) in [6.45, 7) is -2.60. The number of fused-ring (bicyclic) bond motifs is 4. The minimum Gasteiger partial charge on any atom is -0.369 e. The van der Waals surface area contributed by atoms with Crippen LogP contribution in [0.25, 0.3) is 11.2 Å². The molecule has 0 aromatic carbocycles. The number of aromatic amines is 1. The van der Waals surface area contributed by atoms with Crippen LogP contribution in [0.1, 0.15) is 26.0 Å². The summed E-state index contributed by atoms with van der Waals surface area (Å²) in [6, 6.07) is 1.51. The van der Waals surface area contributed by atoms with E-state index in [9.17, 15) is 19.1 Å². The van der Waals surface area contributed by atoms with Crippen molar-refractivity contribution in [3.63, 3.8) is 0 Å². The van der Waals surface area contributed by atoms with Crippen molar-refractivity contribution < 1.29 is 37.2 Å². The highest BCUT2D eigenvalue weighted by Gasteiger charge is 2.49. The fourth-order valence-electron chi connectivity index (χ4n) is 5.38. The van der Waals surface area contributed by atoms with E-state index < -0.39 is 56.5 Å². The van der Waals surface area contributed by atoms with Crippen molar-refractivity contribution >= 4 is 49.3 Å². The Morgan fingerprint density at radius 2 is 2.02 bits per heavy atom. The number of H-pyrrole nitrogens is 1. The van der Waals surface area contributed by atoms with Gasteiger partial charge in [0, 0.05) is 24.1 Å². The highest BCUT2D eigenvalue weighted by Crippen LogP contribution is 2.55. The molecule has 2 unspecified atom stereocenters. The summed E-state index contributed by atoms with van der Waals surface area (Å²) in [5.41, 5.74) is 5.31. The van der Waals surface area contributed by atoms with Crippen molar-refractivity contribution in [3.05, 3.63) is 35.3 Å². The van der Waals surface area contributed by atoms with Crippen LogP contribution in [0.3, 0.4) is 0 Å². The molecule has 1 saturated carbocycles. The fourth-order valence-corrected chi connectivity index (χ4v) is 7.90. The molecular weight excluding hydrogens is 602 g/mol. The lowest BCUT2D eigenvalue weighted by Crippen LogP contribution is -2.28. The number of aromatic nitrogens is 6. The number of imidazole rings is 1. The summed E-state index contributed by atoms with van der Waals surface area (Å²) in [5.74, 6) is -0.521. The minimum atomic E-state index is -4.56. The Kier molecular flexibility index (Phi) is 7.74. The third-order valence-corrected chi connectivity index (χ3v) is 9.94. The van der Waals surface area contributed by atoms with Gasteiger partial charge < -0.3 is 34.6 Å². The maximum Gasteiger partial charge on any atom is 0.472 e. The van der Waals surface area contributed by atoms with Gasteiger partial charge in [-0.3, -0.25) is 23.4 Å². The van der Waals surface area contributed by atoms with E-state index in [4.69, 9.17) is 40.4 Å². The first-order valence-electron chi connectivity index (χ1n) is 12.7. The van der Waals surface area contributed by atoms with Crippen molar-refractivity contribution in [3.8, 4) is 0 Å². The molecule has 0 amide bonds. The second kappa shape index (κ2) is 11.0. The van der Waals surface area contributed by atoms with Gasteiger partial charge in [-0.15, -0.1) is 0 Å². The second-order valence-corrected chi connectivity index (χ2v) is 14.3. The summed E-state index contributed by atoms with van der Waals surface area (Å²) < 4.78 is 43.3. The Labute approximate surface area is 237 Å². The van der Waals surface area contributed by atoms with Crippen LogP contribution in [0.15, 0.2) is 29.7 Å². The van der Waals surface area contributed by atoms with Gasteiger partial charge in [-0.25, -0.2) is 19.5 Å². The van der Waals surface area contributed by atoms with Crippen molar-refractivity contribution in [2.24, 2.45) is 11.8 Å². The van der Waals surface area contributed by atoms with Crippen LogP contribution in [0.5, 0.6) is 0 Å². The van der Waals surface area contributed by atoms with Gasteiger partial charge in [0.1, 0.15) is 18.2 Å². The molecule has 2 saturated heterocycles. The number of nitrogens with two attached hydrogens (primary N) is 1. The lowest BCUT2D eigenvalue weighted by molar-refractivity contribution is -0.0518. The molecule has 1 aliphatic carbocycles. The number of nitrogens with zero attached hydrogens (tertiary/aromatic N) is 5. The second-order valence-electron chi connectivity index (χ2n) is 10.1. The third kappa shape index (κ3) is 6.08. The van der Waals surface area contributed by atoms with Crippen LogP contribution in [0.2, 0.25) is 0 Å². The number of rotatable bonds is 3. The molecule has 20 heteroatoms. The molecule has 3 aliphatic rings. The number of anilines is 2. The van der Waals surface area contributed by atoms with Crippen LogP contribution >= 0.6 is 14.5 Å². The molecule has 2 aliphatic heterocycles. The van der Waals surface area contributed by atoms with E-state index in [2.05, 4.69) is 30.2 Å². The maximum absolute atomic E-state index is 13.0. The quantitative estimate of drug-likeness (QED) is 0.255. The zero-order valence-electron chi connectivity index (χ0n) is 21.5. The first kappa shape index (κ1) is 28.7. The first-order chi connectivity index (χ1) is 19.5. The molecule has 222 valence electrons. The van der Waals surface area contributed by atoms with Gasteiger partial charge in [0.25, 0.3) is 5.56 Å². The van der Waals surface area contributed by atoms with Gasteiger partial charge in [-0.1, -0.05) is 6.92 Å². The summed E-state index contributed by atoms with van der Waals surface area (Å²) in [4.78, 5) is 52.8. The fraction of sp³-hybridized carbons (Fsp3) is 0.571. The maximum atomic E-state index is 13.0. The summed E-state index contributed by atoms with van der Waals surface area (Å²) in [7, 11) is -4.56. The van der Waals surface area contributed by atoms with Gasteiger partial charge in [0.15, 0.2) is 17.4 Å². The molecule has 5 heterocycles. The van der Waals surface area contributed by atoms with E-state index in [1.54, 1.807) is 19.2 Å². The van der Waals surface area contributed by atoms with Crippen molar-refractivity contribution in [1.82, 2.24) is 29.5 Å². The van der Waals surface area contributed by atoms with Gasteiger partial charge in [-0.2, -0.15) is 4.98 Å². The van der Waals surface area contributed by atoms with Crippen molar-refractivity contribution in [2.75, 3.05) is 24.3 Å². The zero-order valence-corrected chi connectivity index (χ0v) is 24.2. The molecule has 3 fully saturated rings. The average Bonchev–Trinajstić information content (AvgIpc) is 3.57. The number of ether oxygens (including phenoxy) is 1. The van der Waals surface area contributed by atoms with Crippen LogP contribution in [0.4, 0.5) is 11.8 Å². The molecule has 0 spiro atoms. The van der Waals surface area contributed by atoms with E-state index in [0.29, 0.717) is 18.7 Å². The van der Waals surface area contributed by atoms with Crippen molar-refractivity contribution in [1.29, 1.82) is 0 Å². The first-order valence-corrected chi connectivity index (χ1v) is 16.8. The van der Waals surface area contributed by atoms with Crippen LogP contribution < -0.4 is 16.6 Å². The topological polar surface area (TPSA) is 231 Å². The molecular formula is C21H28N8O9P2S. The Morgan fingerprint density at radius 3 is 2.80 bits per heavy atom. The number of hydrogen-bond donors (Lipinski definition) is 5. The number of nitrogen functional groups attached to an aromatic ring is 1. The Bertz CT molecular complexity index is 1580. The highest BCUT2D eigenvalue weighted by molar-refractivity contribution is 8.07. The smallest absolute Gasteiger partial charge is 0.369 e. The van der Waals surface area contributed by atoms with Crippen LogP contribution in [-0.4, -0.2) is 76.8 Å². The Morgan fingerprint density at radius 1 is 1.20 bits per heavy atom. The normalized spacial score (nSPS) is 38.1. The monoisotopic (exact) mass is 630 g/mol. The minimum absolute atomic E-state index is 0.00801. The lowest BCUT2D eigenvalue weighted by atomic mass is 10.0. The molecule has 6 rings (SSSR count). The predicted octanol–water partition coefficient (Wildman–Crippen LogP) is 1.05. The zero-order chi connectivity index (χ0) is 28.9. The summed E-state index contributed by atoms with van der Waals surface area (Å²) >= 11 is 5.37. The third-order valence-electron chi connectivity index (χ3n) is 7.37. The summed E-state index contributed by atoms with van der Waals surface area (Å²) in [5, 5.41) is 3.25. The van der Waals surface area contributed by atoms with Crippen molar-refractivity contribution in [2.45, 2.75) is 50.3 Å². The van der Waals surface area contributed by atoms with Gasteiger partial charge in [0.05, 0.1) is 31.7 Å². The number of nitrogens with one attached hydrogen (secondary N) is 2. The van der Waals surface area contributed by atoms with Gasteiger partial charge in [-0.05, 0) is 30.7 Å². The van der Waals surface area contributed by atoms with Crippen LogP contribution in [-0.2, 0) is 39.2 Å². The SMILES string of the molecule is C[C@H]1[C@H]2OP(O)(=S)OC[C@H]3C[C@@H](Nc4ccncn4)C[C@@H]3OP(=O)(O)OC[C@H]1O[C@H]2n1cnc2c(=O)[nH]c(N)nc21. The Balaban J connectivity index is 1.28. The molecule has 0 radical (unpaired) electrons. The lowest BCUT2D eigenvalue weighted by Gasteiger charge is -2.28. The Hall–Kier alpha value is -2.37. The van der Waals surface area contributed by atoms with E-state index in [1.165, 1.54) is 17.2 Å². The summed E-state index contributed by atoms with van der Waals surface area (Å²) in [6.07, 6.45) is 1.59. The number of phosphoric acid groups is 1. The predicted molar refractivity (Wildman–Crippen MR) is 146 cm³/mol. The largest absolute Gasteiger partial charge is 0.472 e. The average molecular weight is 631 g/mol. The molecule has 3 aromatic heterocycles. The highest BCUT2D eigenvalue weighted by atomic mass is 32.5. The number of phosphoric ester groups is 1. The van der Waals surface area contributed by atoms with E-state index >= 15 is 0 Å².